The van der Waals surface area contributed by atoms with Crippen LogP contribution in [-0.4, -0.2) is 25.4 Å². The monoisotopic (exact) mass is 257 g/mol. The van der Waals surface area contributed by atoms with Crippen molar-refractivity contribution in [2.24, 2.45) is 0 Å². The van der Waals surface area contributed by atoms with E-state index in [9.17, 15) is 0 Å². The van der Waals surface area contributed by atoms with Crippen molar-refractivity contribution in [1.82, 2.24) is 5.32 Å². The maximum atomic E-state index is 8.66. The second-order valence-corrected chi connectivity index (χ2v) is 4.43. The predicted octanol–water partition coefficient (Wildman–Crippen LogP) is 2.52. The topological polar surface area (TPSA) is 41.5 Å². The molecule has 0 aliphatic heterocycles. The van der Waals surface area contributed by atoms with Crippen molar-refractivity contribution in [2.75, 3.05) is 20.3 Å². The molecule has 0 aliphatic carbocycles. The van der Waals surface area contributed by atoms with Crippen LogP contribution in [0.2, 0.25) is 5.02 Å². The van der Waals surface area contributed by atoms with Gasteiger partial charge >= 0.3 is 0 Å². The molecule has 0 bridgehead atoms. The molecule has 0 atom stereocenters. The number of methoxy groups -OCH3 is 1. The molecule has 0 fully saturated rings. The van der Waals surface area contributed by atoms with E-state index in [1.807, 2.05) is 19.1 Å². The van der Waals surface area contributed by atoms with Crippen molar-refractivity contribution in [3.63, 3.8) is 0 Å². The third-order valence-electron chi connectivity index (χ3n) is 2.69. The van der Waals surface area contributed by atoms with Gasteiger partial charge < -0.3 is 15.2 Å². The van der Waals surface area contributed by atoms with E-state index in [0.717, 1.165) is 25.9 Å². The fourth-order valence-corrected chi connectivity index (χ4v) is 1.89. The Balaban J connectivity index is 2.51. The summed E-state index contributed by atoms with van der Waals surface area (Å²) in [5, 5.41) is 12.6. The van der Waals surface area contributed by atoms with E-state index in [0.29, 0.717) is 10.8 Å². The van der Waals surface area contributed by atoms with Crippen LogP contribution in [0.1, 0.15) is 24.0 Å². The molecule has 0 aliphatic rings. The highest BCUT2D eigenvalue weighted by Crippen LogP contribution is 2.27. The van der Waals surface area contributed by atoms with E-state index in [1.54, 1.807) is 7.11 Å². The maximum Gasteiger partial charge on any atom is 0.137 e. The Morgan fingerprint density at radius 1 is 1.35 bits per heavy atom. The van der Waals surface area contributed by atoms with Crippen LogP contribution in [0.15, 0.2) is 12.1 Å². The molecular weight excluding hydrogens is 238 g/mol. The number of aliphatic hydroxyl groups excluding tert-OH is 1. The fourth-order valence-electron chi connectivity index (χ4n) is 1.63. The molecule has 2 N–H and O–H groups in total. The van der Waals surface area contributed by atoms with Crippen LogP contribution in [0.4, 0.5) is 0 Å². The van der Waals surface area contributed by atoms with Crippen molar-refractivity contribution in [3.8, 4) is 5.75 Å². The summed E-state index contributed by atoms with van der Waals surface area (Å²) >= 11 is 6.08. The Hall–Kier alpha value is -0.770. The fraction of sp³-hybridized carbons (Fsp3) is 0.538. The first-order valence-corrected chi connectivity index (χ1v) is 6.21. The van der Waals surface area contributed by atoms with Gasteiger partial charge in [0.2, 0.25) is 0 Å². The van der Waals surface area contributed by atoms with Gasteiger partial charge in [0.15, 0.2) is 0 Å². The number of aliphatic hydroxyl groups is 1. The van der Waals surface area contributed by atoms with Crippen LogP contribution in [0, 0.1) is 6.92 Å². The minimum Gasteiger partial charge on any atom is -0.495 e. The summed E-state index contributed by atoms with van der Waals surface area (Å²) in [6.45, 7) is 4.00. The van der Waals surface area contributed by atoms with Gasteiger partial charge in [-0.05, 0) is 49.6 Å². The molecule has 0 amide bonds. The molecule has 1 aromatic rings. The van der Waals surface area contributed by atoms with Crippen LogP contribution in [-0.2, 0) is 6.54 Å². The quantitative estimate of drug-likeness (QED) is 0.738. The Morgan fingerprint density at radius 3 is 2.76 bits per heavy atom. The highest BCUT2D eigenvalue weighted by Gasteiger charge is 2.05. The SMILES string of the molecule is COc1cc(C)c(CNCCCCO)cc1Cl. The smallest absolute Gasteiger partial charge is 0.137 e. The average Bonchev–Trinajstić information content (AvgIpc) is 2.32. The lowest BCUT2D eigenvalue weighted by molar-refractivity contribution is 0.283. The lowest BCUT2D eigenvalue weighted by Crippen LogP contribution is -2.15. The normalized spacial score (nSPS) is 10.6. The van der Waals surface area contributed by atoms with Crippen molar-refractivity contribution >= 4 is 11.6 Å². The Labute approximate surface area is 108 Å². The molecule has 0 unspecified atom stereocenters. The zero-order chi connectivity index (χ0) is 12.7. The van der Waals surface area contributed by atoms with Gasteiger partial charge in [-0.25, -0.2) is 0 Å². The Kier molecular flexibility index (Phi) is 6.34. The number of halogens is 1. The van der Waals surface area contributed by atoms with E-state index in [4.69, 9.17) is 21.4 Å². The number of benzene rings is 1. The zero-order valence-electron chi connectivity index (χ0n) is 10.4. The first kappa shape index (κ1) is 14.3. The van der Waals surface area contributed by atoms with Crippen molar-refractivity contribution in [1.29, 1.82) is 0 Å². The number of nitrogens with one attached hydrogen (secondary N) is 1. The molecule has 1 rings (SSSR count). The maximum absolute atomic E-state index is 8.66. The highest BCUT2D eigenvalue weighted by molar-refractivity contribution is 6.32. The number of hydrogen-bond acceptors (Lipinski definition) is 3. The van der Waals surface area contributed by atoms with Crippen LogP contribution in [0.5, 0.6) is 5.75 Å². The van der Waals surface area contributed by atoms with E-state index in [2.05, 4.69) is 5.32 Å². The highest BCUT2D eigenvalue weighted by atomic mass is 35.5. The van der Waals surface area contributed by atoms with Crippen LogP contribution >= 0.6 is 11.6 Å². The van der Waals surface area contributed by atoms with Crippen LogP contribution in [0.25, 0.3) is 0 Å². The molecule has 4 heteroatoms. The minimum atomic E-state index is 0.259. The summed E-state index contributed by atoms with van der Waals surface area (Å²) < 4.78 is 5.16. The molecular formula is C13H20ClNO2. The predicted molar refractivity (Wildman–Crippen MR) is 70.8 cm³/mol. The third-order valence-corrected chi connectivity index (χ3v) is 2.98. The van der Waals surface area contributed by atoms with E-state index in [-0.39, 0.29) is 6.61 Å². The number of hydrogen-bond donors (Lipinski definition) is 2. The van der Waals surface area contributed by atoms with Gasteiger partial charge in [-0.3, -0.25) is 0 Å². The van der Waals surface area contributed by atoms with Crippen LogP contribution < -0.4 is 10.1 Å². The van der Waals surface area contributed by atoms with Gasteiger partial charge in [-0.2, -0.15) is 0 Å². The molecule has 0 radical (unpaired) electrons. The van der Waals surface area contributed by atoms with E-state index in [1.165, 1.54) is 11.1 Å². The zero-order valence-corrected chi connectivity index (χ0v) is 11.2. The molecule has 0 spiro atoms. The summed E-state index contributed by atoms with van der Waals surface area (Å²) in [4.78, 5) is 0. The van der Waals surface area contributed by atoms with Gasteiger partial charge in [0, 0.05) is 13.2 Å². The molecule has 0 aromatic heterocycles. The number of aryl methyl sites for hydroxylation is 1. The summed E-state index contributed by atoms with van der Waals surface area (Å²) in [5.41, 5.74) is 2.35. The Bertz CT molecular complexity index is 356. The van der Waals surface area contributed by atoms with Gasteiger partial charge in [-0.15, -0.1) is 0 Å². The lowest BCUT2D eigenvalue weighted by Gasteiger charge is -2.11. The number of unbranched alkanes of at least 4 members (excludes halogenated alkanes) is 1. The van der Waals surface area contributed by atoms with Gasteiger partial charge in [-0.1, -0.05) is 11.6 Å². The average molecular weight is 258 g/mol. The Morgan fingerprint density at radius 2 is 2.12 bits per heavy atom. The molecule has 0 saturated heterocycles. The minimum absolute atomic E-state index is 0.259. The molecule has 96 valence electrons. The van der Waals surface area contributed by atoms with E-state index >= 15 is 0 Å². The van der Waals surface area contributed by atoms with Gasteiger partial charge in [0.05, 0.1) is 12.1 Å². The van der Waals surface area contributed by atoms with E-state index < -0.39 is 0 Å². The second-order valence-electron chi connectivity index (χ2n) is 4.02. The van der Waals surface area contributed by atoms with Gasteiger partial charge in [0.1, 0.15) is 5.75 Å². The molecule has 0 heterocycles. The third kappa shape index (κ3) is 4.54. The first-order chi connectivity index (χ1) is 8.19. The van der Waals surface area contributed by atoms with Crippen molar-refractivity contribution < 1.29 is 9.84 Å². The lowest BCUT2D eigenvalue weighted by atomic mass is 10.1. The summed E-state index contributed by atoms with van der Waals surface area (Å²) in [7, 11) is 1.62. The van der Waals surface area contributed by atoms with Crippen molar-refractivity contribution in [2.45, 2.75) is 26.3 Å². The number of ether oxygens (including phenoxy) is 1. The second kappa shape index (κ2) is 7.54. The van der Waals surface area contributed by atoms with Crippen molar-refractivity contribution in [3.05, 3.63) is 28.3 Å². The summed E-state index contributed by atoms with van der Waals surface area (Å²) in [6.07, 6.45) is 1.83. The standard InChI is InChI=1S/C13H20ClNO2/c1-10-7-13(17-2)12(14)8-11(10)9-15-5-3-4-6-16/h7-8,15-16H,3-6,9H2,1-2H3. The molecule has 3 nitrogen and oxygen atoms in total. The van der Waals surface area contributed by atoms with Gasteiger partial charge in [0.25, 0.3) is 0 Å². The molecule has 0 saturated carbocycles. The number of rotatable bonds is 7. The molecule has 1 aromatic carbocycles. The first-order valence-electron chi connectivity index (χ1n) is 5.83. The summed E-state index contributed by atoms with van der Waals surface area (Å²) in [6, 6.07) is 3.89. The summed E-state index contributed by atoms with van der Waals surface area (Å²) in [5.74, 6) is 0.716. The molecule has 17 heavy (non-hydrogen) atoms. The van der Waals surface area contributed by atoms with Crippen LogP contribution in [0.3, 0.4) is 0 Å². The largest absolute Gasteiger partial charge is 0.495 e.